The number of para-hydroxylation sites is 1. The molecule has 0 unspecified atom stereocenters. The van der Waals surface area contributed by atoms with E-state index in [1.54, 1.807) is 6.20 Å². The van der Waals surface area contributed by atoms with Crippen LogP contribution < -0.4 is 43.8 Å². The van der Waals surface area contributed by atoms with Crippen molar-refractivity contribution in [3.63, 3.8) is 0 Å². The maximum atomic E-state index is 14.4. The smallest absolute Gasteiger partial charge is 0.247 e. The number of guanidine groups is 1. The Morgan fingerprint density at radius 1 is 0.814 bits per heavy atom. The van der Waals surface area contributed by atoms with Crippen LogP contribution in [-0.2, 0) is 41.6 Å². The summed E-state index contributed by atoms with van der Waals surface area (Å²) >= 11 is 0. The predicted octanol–water partition coefficient (Wildman–Crippen LogP) is -0.0257. The number of fused-ring (bicyclic) bond motifs is 2. The van der Waals surface area contributed by atoms with Crippen LogP contribution in [0.2, 0.25) is 0 Å². The SMILES string of the molecule is NC(N)=NCC[C@@H]1NC(=O)[C@H](Cc2c[nH]c3ccccc23)NC(=O)[C@@H](CC2CCCCC2)NC(=O)[C@@H]2CCCN2C(=O)[C@@H](NC(=O)[C@@H](N)Cc2ccccc2)CNC1=O. The Kier molecular flexibility index (Phi) is 14.5. The molecule has 17 heteroatoms. The van der Waals surface area contributed by atoms with Crippen molar-refractivity contribution in [2.75, 3.05) is 19.6 Å². The van der Waals surface area contributed by atoms with Gasteiger partial charge in [0.25, 0.3) is 0 Å². The normalized spacial score (nSPS) is 24.3. The average Bonchev–Trinajstić information content (AvgIpc) is 3.89. The van der Waals surface area contributed by atoms with Gasteiger partial charge in [0.15, 0.2) is 5.96 Å². The summed E-state index contributed by atoms with van der Waals surface area (Å²) in [7, 11) is 0. The number of hydrogen-bond acceptors (Lipinski definition) is 8. The molecular formula is C42H57N11O6. The molecular weight excluding hydrogens is 755 g/mol. The largest absolute Gasteiger partial charge is 0.370 e. The van der Waals surface area contributed by atoms with Crippen LogP contribution in [0.5, 0.6) is 0 Å². The molecule has 316 valence electrons. The zero-order valence-electron chi connectivity index (χ0n) is 33.3. The standard InChI is InChI=1S/C42H57N11O6/c43-29(20-25-10-3-1-4-11-25)36(54)52-34-24-48-37(55)31(17-18-46-42(44)45)49-39(57)33(22-27-23-47-30-15-8-7-14-28(27)30)50-38(56)32(21-26-12-5-2-6-13-26)51-40(58)35-16-9-19-53(35)41(34)59/h1,3-4,7-8,10-11,14-15,23,26,29,31-35,47H,2,5-6,9,12-13,16-22,24,43H2,(H,48,55)(H,49,57)(H,50,56)(H,51,58)(H,52,54)(H4,44,45,46)/t29-,31-,32+,33-,34-,35-/m0/s1. The first-order valence-corrected chi connectivity index (χ1v) is 20.7. The van der Waals surface area contributed by atoms with Crippen molar-refractivity contribution in [1.29, 1.82) is 0 Å². The summed E-state index contributed by atoms with van der Waals surface area (Å²) in [6.07, 6.45) is 8.08. The van der Waals surface area contributed by atoms with Crippen LogP contribution in [-0.4, -0.2) is 107 Å². The maximum absolute atomic E-state index is 14.4. The molecule has 0 radical (unpaired) electrons. The summed E-state index contributed by atoms with van der Waals surface area (Å²) in [4.78, 5) is 93.5. The van der Waals surface area contributed by atoms with Crippen molar-refractivity contribution < 1.29 is 28.8 Å². The minimum Gasteiger partial charge on any atom is -0.370 e. The third-order valence-electron chi connectivity index (χ3n) is 11.6. The third-order valence-corrected chi connectivity index (χ3v) is 11.6. The summed E-state index contributed by atoms with van der Waals surface area (Å²) < 4.78 is 0. The van der Waals surface area contributed by atoms with Crippen LogP contribution in [0.25, 0.3) is 10.9 Å². The van der Waals surface area contributed by atoms with Gasteiger partial charge in [0.1, 0.15) is 30.2 Å². The number of nitrogens with two attached hydrogens (primary N) is 3. The Morgan fingerprint density at radius 2 is 1.51 bits per heavy atom. The number of H-pyrrole nitrogens is 1. The monoisotopic (exact) mass is 811 g/mol. The van der Waals surface area contributed by atoms with Gasteiger partial charge in [-0.1, -0.05) is 80.6 Å². The molecule has 6 atom stereocenters. The Bertz CT molecular complexity index is 1990. The molecule has 0 spiro atoms. The van der Waals surface area contributed by atoms with Gasteiger partial charge < -0.3 is 53.7 Å². The van der Waals surface area contributed by atoms with E-state index < -0.39 is 71.7 Å². The summed E-state index contributed by atoms with van der Waals surface area (Å²) in [5.41, 5.74) is 19.9. The molecule has 1 aliphatic carbocycles. The lowest BCUT2D eigenvalue weighted by atomic mass is 9.84. The number of nitrogens with zero attached hydrogens (tertiary/aromatic N) is 2. The predicted molar refractivity (Wildman–Crippen MR) is 222 cm³/mol. The third kappa shape index (κ3) is 11.4. The molecule has 6 rings (SSSR count). The molecule has 2 aliphatic heterocycles. The summed E-state index contributed by atoms with van der Waals surface area (Å²) in [6, 6.07) is 10.1. The van der Waals surface area contributed by atoms with Crippen molar-refractivity contribution in [2.45, 2.75) is 107 Å². The molecule has 3 heterocycles. The van der Waals surface area contributed by atoms with E-state index in [1.165, 1.54) is 4.90 Å². The van der Waals surface area contributed by atoms with Crippen LogP contribution in [0.15, 0.2) is 65.8 Å². The van der Waals surface area contributed by atoms with E-state index in [9.17, 15) is 28.8 Å². The van der Waals surface area contributed by atoms with E-state index in [2.05, 4.69) is 36.6 Å². The molecule has 1 saturated carbocycles. The minimum absolute atomic E-state index is 0.0292. The first-order chi connectivity index (χ1) is 28.5. The second kappa shape index (κ2) is 20.1. The van der Waals surface area contributed by atoms with Gasteiger partial charge in [-0.25, -0.2) is 0 Å². The lowest BCUT2D eigenvalue weighted by molar-refractivity contribution is -0.142. The van der Waals surface area contributed by atoms with Crippen LogP contribution in [0.1, 0.15) is 68.9 Å². The van der Waals surface area contributed by atoms with Gasteiger partial charge in [-0.05, 0) is 55.2 Å². The molecule has 17 nitrogen and oxygen atoms in total. The maximum Gasteiger partial charge on any atom is 0.247 e. The quantitative estimate of drug-likeness (QED) is 0.0929. The molecule has 3 fully saturated rings. The van der Waals surface area contributed by atoms with Gasteiger partial charge in [0.2, 0.25) is 35.4 Å². The van der Waals surface area contributed by atoms with Gasteiger partial charge >= 0.3 is 0 Å². The van der Waals surface area contributed by atoms with E-state index in [1.807, 2.05) is 54.6 Å². The van der Waals surface area contributed by atoms with Crippen molar-refractivity contribution in [3.8, 4) is 0 Å². The van der Waals surface area contributed by atoms with Crippen molar-refractivity contribution >= 4 is 52.3 Å². The number of amides is 6. The summed E-state index contributed by atoms with van der Waals surface area (Å²) in [5.74, 6) is -3.66. The number of aromatic nitrogens is 1. The van der Waals surface area contributed by atoms with E-state index in [0.29, 0.717) is 19.3 Å². The molecule has 59 heavy (non-hydrogen) atoms. The van der Waals surface area contributed by atoms with Crippen LogP contribution >= 0.6 is 0 Å². The van der Waals surface area contributed by atoms with Crippen molar-refractivity contribution in [3.05, 3.63) is 71.9 Å². The first-order valence-electron chi connectivity index (χ1n) is 20.7. The van der Waals surface area contributed by atoms with Crippen LogP contribution in [0.4, 0.5) is 0 Å². The molecule has 0 bridgehead atoms. The van der Waals surface area contributed by atoms with Crippen molar-refractivity contribution in [1.82, 2.24) is 36.5 Å². The highest BCUT2D eigenvalue weighted by Gasteiger charge is 2.41. The highest BCUT2D eigenvalue weighted by Crippen LogP contribution is 2.28. The fraction of sp³-hybridized carbons (Fsp3) is 0.500. The number of rotatable bonds is 11. The topological polar surface area (TPSA) is 272 Å². The molecule has 12 N–H and O–H groups in total. The Labute approximate surface area is 343 Å². The highest BCUT2D eigenvalue weighted by molar-refractivity contribution is 5.98. The Morgan fingerprint density at radius 3 is 2.27 bits per heavy atom. The number of hydrogen-bond donors (Lipinski definition) is 9. The highest BCUT2D eigenvalue weighted by atomic mass is 16.2. The molecule has 3 aliphatic rings. The second-order valence-electron chi connectivity index (χ2n) is 15.9. The van der Waals surface area contributed by atoms with E-state index >= 15 is 0 Å². The molecule has 2 saturated heterocycles. The second-order valence-corrected chi connectivity index (χ2v) is 15.9. The van der Waals surface area contributed by atoms with Crippen LogP contribution in [0.3, 0.4) is 0 Å². The van der Waals surface area contributed by atoms with Gasteiger partial charge in [-0.15, -0.1) is 0 Å². The number of carbonyl (C=O) groups excluding carboxylic acids is 6. The lowest BCUT2D eigenvalue weighted by Crippen LogP contribution is -2.62. The number of nitrogens with one attached hydrogen (secondary N) is 6. The summed E-state index contributed by atoms with van der Waals surface area (Å²) in [5, 5.41) is 15.0. The Balaban J connectivity index is 1.33. The van der Waals surface area contributed by atoms with E-state index in [-0.39, 0.29) is 50.8 Å². The number of aliphatic imine (C=N–C) groups is 1. The summed E-state index contributed by atoms with van der Waals surface area (Å²) in [6.45, 7) is -0.184. The minimum atomic E-state index is -1.32. The fourth-order valence-corrected chi connectivity index (χ4v) is 8.39. The first kappa shape index (κ1) is 42.6. The van der Waals surface area contributed by atoms with E-state index in [0.717, 1.165) is 54.1 Å². The zero-order valence-corrected chi connectivity index (χ0v) is 33.3. The molecule has 3 aromatic rings. The van der Waals surface area contributed by atoms with E-state index in [4.69, 9.17) is 17.2 Å². The Hall–Kier alpha value is -5.97. The molecule has 2 aromatic carbocycles. The van der Waals surface area contributed by atoms with Gasteiger partial charge in [0.05, 0.1) is 6.04 Å². The average molecular weight is 812 g/mol. The van der Waals surface area contributed by atoms with Crippen LogP contribution in [0, 0.1) is 5.92 Å². The van der Waals surface area contributed by atoms with Gasteiger partial charge in [-0.2, -0.15) is 0 Å². The lowest BCUT2D eigenvalue weighted by Gasteiger charge is -2.32. The molecule has 6 amide bonds. The number of benzene rings is 2. The van der Waals surface area contributed by atoms with Crippen molar-refractivity contribution in [2.24, 2.45) is 28.1 Å². The van der Waals surface area contributed by atoms with Gasteiger partial charge in [-0.3, -0.25) is 33.8 Å². The molecule has 1 aromatic heterocycles. The number of aromatic amines is 1. The zero-order chi connectivity index (χ0) is 41.9. The fourth-order valence-electron chi connectivity index (χ4n) is 8.39. The van der Waals surface area contributed by atoms with Gasteiger partial charge in [0, 0.05) is 43.2 Å². The number of carbonyl (C=O) groups is 6.